The van der Waals surface area contributed by atoms with Gasteiger partial charge in [0.25, 0.3) is 0 Å². The van der Waals surface area contributed by atoms with Gasteiger partial charge in [-0.1, -0.05) is 6.07 Å². The molecular weight excluding hydrogens is 314 g/mol. The smallest absolute Gasteiger partial charge is 0.339 e. The number of hydrogen-bond acceptors (Lipinski definition) is 5. The number of methoxy groups -OCH3 is 1. The first-order chi connectivity index (χ1) is 11.5. The number of nitrogens with zero attached hydrogens (tertiary/aromatic N) is 1. The van der Waals surface area contributed by atoms with Crippen LogP contribution in [0.2, 0.25) is 0 Å². The van der Waals surface area contributed by atoms with Crippen molar-refractivity contribution in [1.29, 1.82) is 0 Å². The highest BCUT2D eigenvalue weighted by molar-refractivity contribution is 5.91. The summed E-state index contributed by atoms with van der Waals surface area (Å²) in [5, 5.41) is 18.9. The van der Waals surface area contributed by atoms with Crippen LogP contribution in [0.15, 0.2) is 18.2 Å². The molecule has 0 spiro atoms. The standard InChI is InChI=1S/C17H21NO6/c1-23-14-3-2-11(6-13(14)15(19)20)7-18-8-12-4-5-24-10-17(12,9-18)16(21)22/h2-3,6,12H,4-5,7-10H2,1H3,(H,19,20)(H,21,22)/t12-,17+/m0/s1. The Kier molecular flexibility index (Phi) is 4.47. The third-order valence-electron chi connectivity index (χ3n) is 5.06. The van der Waals surface area contributed by atoms with Crippen LogP contribution in [0.5, 0.6) is 5.75 Å². The van der Waals surface area contributed by atoms with Crippen molar-refractivity contribution >= 4 is 11.9 Å². The van der Waals surface area contributed by atoms with E-state index in [-0.39, 0.29) is 18.1 Å². The predicted octanol–water partition coefficient (Wildman–Crippen LogP) is 1.32. The van der Waals surface area contributed by atoms with E-state index < -0.39 is 17.4 Å². The fraction of sp³-hybridized carbons (Fsp3) is 0.529. The second kappa shape index (κ2) is 6.41. The lowest BCUT2D eigenvalue weighted by atomic mass is 9.76. The SMILES string of the molecule is COc1ccc(CN2C[C@@H]3CCOC[C@]3(C(=O)O)C2)cc1C(=O)O. The number of carbonyl (C=O) groups is 2. The Morgan fingerprint density at radius 1 is 1.42 bits per heavy atom. The van der Waals surface area contributed by atoms with E-state index in [1.807, 2.05) is 6.07 Å². The van der Waals surface area contributed by atoms with Gasteiger partial charge in [0.1, 0.15) is 16.7 Å². The van der Waals surface area contributed by atoms with Crippen LogP contribution in [-0.2, 0) is 16.1 Å². The zero-order valence-corrected chi connectivity index (χ0v) is 13.5. The maximum Gasteiger partial charge on any atom is 0.339 e. The molecule has 1 aromatic carbocycles. The topological polar surface area (TPSA) is 96.3 Å². The molecule has 2 fully saturated rings. The molecule has 2 atom stereocenters. The van der Waals surface area contributed by atoms with Gasteiger partial charge in [0.15, 0.2) is 0 Å². The molecule has 7 nitrogen and oxygen atoms in total. The highest BCUT2D eigenvalue weighted by Gasteiger charge is 2.53. The van der Waals surface area contributed by atoms with Crippen molar-refractivity contribution in [2.24, 2.45) is 11.3 Å². The summed E-state index contributed by atoms with van der Waals surface area (Å²) in [6.07, 6.45) is 0.742. The molecule has 0 radical (unpaired) electrons. The van der Waals surface area contributed by atoms with Gasteiger partial charge in [-0.3, -0.25) is 9.69 Å². The molecule has 3 rings (SSSR count). The number of aliphatic carboxylic acids is 1. The lowest BCUT2D eigenvalue weighted by molar-refractivity contribution is -0.159. The zero-order valence-electron chi connectivity index (χ0n) is 13.5. The molecule has 0 aromatic heterocycles. The van der Waals surface area contributed by atoms with Crippen LogP contribution in [0.25, 0.3) is 0 Å². The molecule has 130 valence electrons. The number of hydrogen-bond donors (Lipinski definition) is 2. The number of aromatic carboxylic acids is 1. The molecule has 2 aliphatic heterocycles. The number of ether oxygens (including phenoxy) is 2. The van der Waals surface area contributed by atoms with Crippen molar-refractivity contribution in [1.82, 2.24) is 4.90 Å². The molecule has 0 amide bonds. The molecule has 24 heavy (non-hydrogen) atoms. The van der Waals surface area contributed by atoms with Crippen molar-refractivity contribution < 1.29 is 29.3 Å². The first-order valence-electron chi connectivity index (χ1n) is 7.90. The van der Waals surface area contributed by atoms with Crippen molar-refractivity contribution in [2.45, 2.75) is 13.0 Å². The first kappa shape index (κ1) is 16.7. The molecule has 0 bridgehead atoms. The third-order valence-corrected chi connectivity index (χ3v) is 5.06. The molecule has 2 saturated heterocycles. The summed E-state index contributed by atoms with van der Waals surface area (Å²) < 4.78 is 10.5. The third kappa shape index (κ3) is 2.85. The van der Waals surface area contributed by atoms with Crippen LogP contribution in [0.3, 0.4) is 0 Å². The maximum absolute atomic E-state index is 11.8. The van der Waals surface area contributed by atoms with Crippen LogP contribution in [0, 0.1) is 11.3 Å². The van der Waals surface area contributed by atoms with Gasteiger partial charge in [-0.25, -0.2) is 4.79 Å². The van der Waals surface area contributed by atoms with Gasteiger partial charge in [-0.2, -0.15) is 0 Å². The normalized spacial score (nSPS) is 26.8. The van der Waals surface area contributed by atoms with E-state index in [0.717, 1.165) is 12.0 Å². The Hall–Kier alpha value is -2.12. The van der Waals surface area contributed by atoms with E-state index >= 15 is 0 Å². The van der Waals surface area contributed by atoms with Crippen molar-refractivity contribution in [3.8, 4) is 5.75 Å². The molecule has 2 aliphatic rings. The van der Waals surface area contributed by atoms with E-state index in [0.29, 0.717) is 32.0 Å². The molecule has 7 heteroatoms. The summed E-state index contributed by atoms with van der Waals surface area (Å²) in [5.41, 5.74) is 0.0940. The van der Waals surface area contributed by atoms with Gasteiger partial charge in [-0.15, -0.1) is 0 Å². The lowest BCUT2D eigenvalue weighted by Crippen LogP contribution is -2.46. The fourth-order valence-electron chi connectivity index (χ4n) is 3.79. The number of benzene rings is 1. The number of carboxylic acid groups (broad SMARTS) is 2. The molecule has 0 saturated carbocycles. The van der Waals surface area contributed by atoms with Gasteiger partial charge >= 0.3 is 11.9 Å². The van der Waals surface area contributed by atoms with Gasteiger partial charge in [0.2, 0.25) is 0 Å². The van der Waals surface area contributed by atoms with Crippen LogP contribution in [0.1, 0.15) is 22.3 Å². The molecule has 2 heterocycles. The number of likely N-dealkylation sites (tertiary alicyclic amines) is 1. The van der Waals surface area contributed by atoms with Crippen LogP contribution < -0.4 is 4.74 Å². The molecule has 0 unspecified atom stereocenters. The Balaban J connectivity index is 1.79. The zero-order chi connectivity index (χ0) is 17.3. The van der Waals surface area contributed by atoms with E-state index in [9.17, 15) is 19.8 Å². The summed E-state index contributed by atoms with van der Waals surface area (Å²) >= 11 is 0. The molecule has 2 N–H and O–H groups in total. The summed E-state index contributed by atoms with van der Waals surface area (Å²) in [4.78, 5) is 25.2. The minimum absolute atomic E-state index is 0.0703. The maximum atomic E-state index is 11.8. The Labute approximate surface area is 139 Å². The van der Waals surface area contributed by atoms with Gasteiger partial charge < -0.3 is 19.7 Å². The quantitative estimate of drug-likeness (QED) is 0.837. The summed E-state index contributed by atoms with van der Waals surface area (Å²) in [5.74, 6) is -1.47. The predicted molar refractivity (Wildman–Crippen MR) is 84.2 cm³/mol. The summed E-state index contributed by atoms with van der Waals surface area (Å²) in [7, 11) is 1.43. The average molecular weight is 335 g/mol. The number of fused-ring (bicyclic) bond motifs is 1. The van der Waals surface area contributed by atoms with Crippen LogP contribution in [0.4, 0.5) is 0 Å². The summed E-state index contributed by atoms with van der Waals surface area (Å²) in [6, 6.07) is 5.04. The number of carboxylic acids is 2. The van der Waals surface area contributed by atoms with Gasteiger partial charge in [0, 0.05) is 26.2 Å². The second-order valence-electron chi connectivity index (χ2n) is 6.51. The Morgan fingerprint density at radius 3 is 2.83 bits per heavy atom. The van der Waals surface area contributed by atoms with Gasteiger partial charge in [0.05, 0.1) is 13.7 Å². The highest BCUT2D eigenvalue weighted by Crippen LogP contribution is 2.42. The van der Waals surface area contributed by atoms with Crippen LogP contribution >= 0.6 is 0 Å². The minimum Gasteiger partial charge on any atom is -0.496 e. The highest BCUT2D eigenvalue weighted by atomic mass is 16.5. The van der Waals surface area contributed by atoms with E-state index in [1.54, 1.807) is 12.1 Å². The molecular formula is C17H21NO6. The van der Waals surface area contributed by atoms with Gasteiger partial charge in [-0.05, 0) is 30.0 Å². The Morgan fingerprint density at radius 2 is 2.21 bits per heavy atom. The fourth-order valence-corrected chi connectivity index (χ4v) is 3.79. The van der Waals surface area contributed by atoms with Crippen molar-refractivity contribution in [3.05, 3.63) is 29.3 Å². The minimum atomic E-state index is -1.04. The largest absolute Gasteiger partial charge is 0.496 e. The second-order valence-corrected chi connectivity index (χ2v) is 6.51. The molecule has 0 aliphatic carbocycles. The van der Waals surface area contributed by atoms with E-state index in [2.05, 4.69) is 4.90 Å². The van der Waals surface area contributed by atoms with E-state index in [4.69, 9.17) is 9.47 Å². The average Bonchev–Trinajstić information content (AvgIpc) is 2.94. The number of rotatable bonds is 5. The van der Waals surface area contributed by atoms with Crippen molar-refractivity contribution in [3.63, 3.8) is 0 Å². The Bertz CT molecular complexity index is 660. The first-order valence-corrected chi connectivity index (χ1v) is 7.90. The summed E-state index contributed by atoms with van der Waals surface area (Å²) in [6.45, 7) is 2.45. The van der Waals surface area contributed by atoms with Crippen molar-refractivity contribution in [2.75, 3.05) is 33.4 Å². The van der Waals surface area contributed by atoms with E-state index in [1.165, 1.54) is 7.11 Å². The lowest BCUT2D eigenvalue weighted by Gasteiger charge is -2.34. The molecule has 1 aromatic rings. The monoisotopic (exact) mass is 335 g/mol. The van der Waals surface area contributed by atoms with Crippen LogP contribution in [-0.4, -0.2) is 60.5 Å².